The molecule has 0 radical (unpaired) electrons. The Bertz CT molecular complexity index is 959. The third-order valence-electron chi connectivity index (χ3n) is 4.88. The highest BCUT2D eigenvalue weighted by molar-refractivity contribution is 14.0. The number of amides is 1. The fourth-order valence-electron chi connectivity index (χ4n) is 3.23. The van der Waals surface area contributed by atoms with E-state index in [0.717, 1.165) is 30.8 Å². The summed E-state index contributed by atoms with van der Waals surface area (Å²) in [7, 11) is 3.29. The Kier molecular flexibility index (Phi) is 8.87. The minimum Gasteiger partial charge on any atom is -0.352 e. The fraction of sp³-hybridized carbons (Fsp3) is 0.500. The van der Waals surface area contributed by atoms with Gasteiger partial charge in [-0.2, -0.15) is 18.3 Å². The number of guanidine groups is 1. The summed E-state index contributed by atoms with van der Waals surface area (Å²) in [6, 6.07) is 5.05. The molecule has 2 N–H and O–H groups in total. The lowest BCUT2D eigenvalue weighted by atomic mass is 10.1. The van der Waals surface area contributed by atoms with Gasteiger partial charge in [-0.05, 0) is 31.0 Å². The van der Waals surface area contributed by atoms with E-state index in [-0.39, 0.29) is 49.0 Å². The number of rotatable bonds is 5. The maximum absolute atomic E-state index is 13.0. The molecule has 0 aliphatic carbocycles. The van der Waals surface area contributed by atoms with Gasteiger partial charge in [0.15, 0.2) is 5.96 Å². The van der Waals surface area contributed by atoms with Gasteiger partial charge in [-0.1, -0.05) is 12.1 Å². The third-order valence-corrected chi connectivity index (χ3v) is 4.88. The number of hydrogen-bond acceptors (Lipinski definition) is 4. The molecule has 12 heteroatoms. The average Bonchev–Trinajstić information content (AvgIpc) is 3.08. The molecule has 0 spiro atoms. The highest BCUT2D eigenvalue weighted by Crippen LogP contribution is 2.29. The maximum Gasteiger partial charge on any atom is 0.416 e. The van der Waals surface area contributed by atoms with Crippen molar-refractivity contribution in [1.82, 2.24) is 30.3 Å². The third kappa shape index (κ3) is 7.07. The Morgan fingerprint density at radius 1 is 1.34 bits per heavy atom. The SMILES string of the molecule is Cc1nc2n(n1)CC(NC(=NCc1cccc(C(F)(F)F)c1)NCC(=O)N(C)C)CC2.I. The Morgan fingerprint density at radius 2 is 2.09 bits per heavy atom. The molecule has 1 aromatic carbocycles. The number of carbonyl (C=O) groups is 1. The molecule has 0 saturated heterocycles. The van der Waals surface area contributed by atoms with Crippen molar-refractivity contribution in [2.24, 2.45) is 4.99 Å². The molecule has 1 aliphatic rings. The highest BCUT2D eigenvalue weighted by Gasteiger charge is 2.30. The van der Waals surface area contributed by atoms with Crippen molar-refractivity contribution in [3.05, 3.63) is 47.0 Å². The first kappa shape index (κ1) is 25.9. The summed E-state index contributed by atoms with van der Waals surface area (Å²) in [5, 5.41) is 10.6. The molecule has 2 heterocycles. The van der Waals surface area contributed by atoms with Gasteiger partial charge in [0.25, 0.3) is 0 Å². The minimum absolute atomic E-state index is 0. The lowest BCUT2D eigenvalue weighted by molar-refractivity contribution is -0.137. The van der Waals surface area contributed by atoms with Crippen LogP contribution in [0.1, 0.15) is 29.2 Å². The molecular weight excluding hydrogens is 538 g/mol. The first-order valence-electron chi connectivity index (χ1n) is 9.93. The first-order valence-corrected chi connectivity index (χ1v) is 9.93. The minimum atomic E-state index is -4.41. The van der Waals surface area contributed by atoms with Gasteiger partial charge in [-0.3, -0.25) is 4.79 Å². The number of aliphatic imine (C=N–C) groups is 1. The zero-order valence-corrected chi connectivity index (χ0v) is 20.4. The van der Waals surface area contributed by atoms with Crippen molar-refractivity contribution >= 4 is 35.8 Å². The number of likely N-dealkylation sites (N-methyl/N-ethyl adjacent to an activating group) is 1. The van der Waals surface area contributed by atoms with E-state index in [2.05, 4.69) is 25.7 Å². The molecule has 0 saturated carbocycles. The van der Waals surface area contributed by atoms with E-state index in [9.17, 15) is 18.0 Å². The first-order chi connectivity index (χ1) is 14.6. The molecule has 3 rings (SSSR count). The number of nitrogens with zero attached hydrogens (tertiary/aromatic N) is 5. The normalized spacial score (nSPS) is 16.1. The Hall–Kier alpha value is -2.38. The summed E-state index contributed by atoms with van der Waals surface area (Å²) in [6.45, 7) is 2.48. The molecule has 1 amide bonds. The number of benzene rings is 1. The van der Waals surface area contributed by atoms with Crippen LogP contribution in [0.15, 0.2) is 29.3 Å². The number of aryl methyl sites for hydroxylation is 2. The molecule has 2 aromatic rings. The van der Waals surface area contributed by atoms with Crippen LogP contribution in [0.5, 0.6) is 0 Å². The van der Waals surface area contributed by atoms with E-state index in [1.54, 1.807) is 20.2 Å². The Balaban J connectivity index is 0.00000363. The molecule has 176 valence electrons. The summed E-state index contributed by atoms with van der Waals surface area (Å²) in [5.74, 6) is 1.85. The lowest BCUT2D eigenvalue weighted by Crippen LogP contribution is -2.49. The van der Waals surface area contributed by atoms with Gasteiger partial charge < -0.3 is 15.5 Å². The van der Waals surface area contributed by atoms with Gasteiger partial charge in [0.2, 0.25) is 5.91 Å². The number of aromatic nitrogens is 3. The fourth-order valence-corrected chi connectivity index (χ4v) is 3.23. The van der Waals surface area contributed by atoms with E-state index in [0.29, 0.717) is 23.9 Å². The van der Waals surface area contributed by atoms with E-state index in [4.69, 9.17) is 0 Å². The van der Waals surface area contributed by atoms with Crippen LogP contribution in [0.4, 0.5) is 13.2 Å². The van der Waals surface area contributed by atoms with Crippen LogP contribution in [0, 0.1) is 6.92 Å². The zero-order valence-electron chi connectivity index (χ0n) is 18.1. The lowest BCUT2D eigenvalue weighted by Gasteiger charge is -2.25. The highest BCUT2D eigenvalue weighted by atomic mass is 127. The Labute approximate surface area is 201 Å². The number of alkyl halides is 3. The second-order valence-electron chi connectivity index (χ2n) is 7.64. The molecule has 1 atom stereocenters. The van der Waals surface area contributed by atoms with E-state index >= 15 is 0 Å². The predicted molar refractivity (Wildman–Crippen MR) is 125 cm³/mol. The number of nitrogens with one attached hydrogen (secondary N) is 2. The summed E-state index contributed by atoms with van der Waals surface area (Å²) in [6.07, 6.45) is -2.87. The standard InChI is InChI=1S/C20H26F3N7O.HI/c1-13-26-17-8-7-16(12-30(17)28-13)27-19(25-11-18(31)29(2)3)24-10-14-5-4-6-15(9-14)20(21,22)23;/h4-6,9,16H,7-8,10-12H2,1-3H3,(H2,24,25,27);1H. The van der Waals surface area contributed by atoms with Crippen LogP contribution in [-0.2, 0) is 30.5 Å². The van der Waals surface area contributed by atoms with Crippen molar-refractivity contribution in [2.75, 3.05) is 20.6 Å². The smallest absolute Gasteiger partial charge is 0.352 e. The molecule has 0 bridgehead atoms. The second kappa shape index (κ2) is 11.0. The zero-order chi connectivity index (χ0) is 22.6. The van der Waals surface area contributed by atoms with Crippen LogP contribution in [0.3, 0.4) is 0 Å². The number of halogens is 4. The molecule has 32 heavy (non-hydrogen) atoms. The van der Waals surface area contributed by atoms with Crippen LogP contribution >= 0.6 is 24.0 Å². The average molecular weight is 565 g/mol. The molecule has 1 unspecified atom stereocenters. The van der Waals surface area contributed by atoms with Crippen LogP contribution in [0.2, 0.25) is 0 Å². The van der Waals surface area contributed by atoms with E-state index in [1.807, 2.05) is 11.6 Å². The van der Waals surface area contributed by atoms with E-state index in [1.165, 1.54) is 11.0 Å². The maximum atomic E-state index is 13.0. The summed E-state index contributed by atoms with van der Waals surface area (Å²) in [5.41, 5.74) is -0.292. The summed E-state index contributed by atoms with van der Waals surface area (Å²) in [4.78, 5) is 22.2. The Morgan fingerprint density at radius 3 is 2.78 bits per heavy atom. The van der Waals surface area contributed by atoms with Crippen molar-refractivity contribution in [3.8, 4) is 0 Å². The molecule has 1 aliphatic heterocycles. The molecule has 1 aromatic heterocycles. The summed E-state index contributed by atoms with van der Waals surface area (Å²) < 4.78 is 40.7. The van der Waals surface area contributed by atoms with E-state index < -0.39 is 11.7 Å². The van der Waals surface area contributed by atoms with Gasteiger partial charge in [-0.25, -0.2) is 14.7 Å². The van der Waals surface area contributed by atoms with Crippen molar-refractivity contribution in [1.29, 1.82) is 0 Å². The summed E-state index contributed by atoms with van der Waals surface area (Å²) >= 11 is 0. The van der Waals surface area contributed by atoms with Crippen LogP contribution in [0.25, 0.3) is 0 Å². The van der Waals surface area contributed by atoms with Crippen molar-refractivity contribution < 1.29 is 18.0 Å². The molecule has 8 nitrogen and oxygen atoms in total. The monoisotopic (exact) mass is 565 g/mol. The van der Waals surface area contributed by atoms with Gasteiger partial charge in [0, 0.05) is 26.6 Å². The quantitative estimate of drug-likeness (QED) is 0.331. The van der Waals surface area contributed by atoms with Gasteiger partial charge >= 0.3 is 6.18 Å². The topological polar surface area (TPSA) is 87.4 Å². The number of fused-ring (bicyclic) bond motifs is 1. The van der Waals surface area contributed by atoms with Crippen LogP contribution < -0.4 is 10.6 Å². The van der Waals surface area contributed by atoms with Crippen molar-refractivity contribution in [2.45, 2.75) is 45.1 Å². The van der Waals surface area contributed by atoms with Crippen LogP contribution in [-0.4, -0.2) is 58.2 Å². The largest absolute Gasteiger partial charge is 0.416 e. The number of hydrogen-bond donors (Lipinski definition) is 2. The predicted octanol–water partition coefficient (Wildman–Crippen LogP) is 2.36. The number of carbonyl (C=O) groups excluding carboxylic acids is 1. The van der Waals surface area contributed by atoms with Gasteiger partial charge in [-0.15, -0.1) is 24.0 Å². The van der Waals surface area contributed by atoms with Gasteiger partial charge in [0.05, 0.1) is 25.2 Å². The second-order valence-corrected chi connectivity index (χ2v) is 7.64. The molecular formula is C20H27F3IN7O. The molecule has 0 fully saturated rings. The van der Waals surface area contributed by atoms with Crippen molar-refractivity contribution in [3.63, 3.8) is 0 Å². The van der Waals surface area contributed by atoms with Gasteiger partial charge in [0.1, 0.15) is 11.6 Å².